The first kappa shape index (κ1) is 12.0. The van der Waals surface area contributed by atoms with E-state index in [0.717, 1.165) is 5.75 Å². The molecule has 0 aromatic heterocycles. The monoisotopic (exact) mass is 272 g/mol. The molecule has 1 aromatic carbocycles. The maximum absolute atomic E-state index is 11.0. The number of ether oxygens (including phenoxy) is 2. The quantitative estimate of drug-likeness (QED) is 0.623. The van der Waals surface area contributed by atoms with Gasteiger partial charge in [0.15, 0.2) is 0 Å². The summed E-state index contributed by atoms with van der Waals surface area (Å²) in [5.74, 6) is 0.413. The molecule has 0 saturated heterocycles. The Labute approximate surface area is 97.5 Å². The molecule has 1 rings (SSSR count). The predicted molar refractivity (Wildman–Crippen MR) is 61.4 cm³/mol. The smallest absolute Gasteiger partial charge is 0.322 e. The number of halogens is 1. The summed E-state index contributed by atoms with van der Waals surface area (Å²) in [6.45, 7) is 2.27. The third-order valence-electron chi connectivity index (χ3n) is 1.87. The number of hydrogen-bond acceptors (Lipinski definition) is 3. The minimum atomic E-state index is -0.427. The first-order valence-electron chi connectivity index (χ1n) is 4.55. The fraction of sp³-hybridized carbons (Fsp3) is 0.364. The Morgan fingerprint density at radius 2 is 2.00 bits per heavy atom. The Kier molecular flexibility index (Phi) is 4.62. The lowest BCUT2D eigenvalue weighted by Crippen LogP contribution is -2.22. The molecule has 1 unspecified atom stereocenters. The van der Waals surface area contributed by atoms with E-state index in [0.29, 0.717) is 0 Å². The Morgan fingerprint density at radius 3 is 2.53 bits per heavy atom. The molecule has 0 N–H and O–H groups in total. The number of esters is 1. The molecule has 0 aliphatic heterocycles. The average molecular weight is 273 g/mol. The van der Waals surface area contributed by atoms with Gasteiger partial charge in [-0.25, -0.2) is 0 Å². The van der Waals surface area contributed by atoms with Gasteiger partial charge in [0, 0.05) is 0 Å². The summed E-state index contributed by atoms with van der Waals surface area (Å²) in [6, 6.07) is 7.64. The molecule has 0 aliphatic carbocycles. The molecule has 0 heterocycles. The number of alkyl halides is 1. The minimum absolute atomic E-state index is 0.260. The summed E-state index contributed by atoms with van der Waals surface area (Å²) in [6.07, 6.45) is 0. The highest BCUT2D eigenvalue weighted by atomic mass is 79.9. The number of methoxy groups -OCH3 is 1. The van der Waals surface area contributed by atoms with E-state index in [4.69, 9.17) is 4.74 Å². The normalized spacial score (nSPS) is 11.9. The highest BCUT2D eigenvalue weighted by Gasteiger charge is 2.15. The summed E-state index contributed by atoms with van der Waals surface area (Å²) in [4.78, 5) is 10.6. The molecule has 1 aromatic rings. The third-order valence-corrected chi connectivity index (χ3v) is 2.51. The molecule has 15 heavy (non-hydrogen) atoms. The number of rotatable bonds is 4. The minimum Gasteiger partial charge on any atom is -0.492 e. The number of carbonyl (C=O) groups excluding carboxylic acids is 1. The van der Waals surface area contributed by atoms with Gasteiger partial charge in [-0.15, -0.1) is 0 Å². The summed E-state index contributed by atoms with van der Waals surface area (Å²) in [7, 11) is 1.35. The van der Waals surface area contributed by atoms with E-state index in [1.54, 1.807) is 0 Å². The van der Waals surface area contributed by atoms with Crippen molar-refractivity contribution in [2.45, 2.75) is 11.8 Å². The first-order valence-corrected chi connectivity index (χ1v) is 5.46. The van der Waals surface area contributed by atoms with E-state index >= 15 is 0 Å². The largest absolute Gasteiger partial charge is 0.492 e. The van der Waals surface area contributed by atoms with Crippen molar-refractivity contribution in [2.75, 3.05) is 13.7 Å². The van der Waals surface area contributed by atoms with Crippen molar-refractivity contribution in [1.29, 1.82) is 0 Å². The van der Waals surface area contributed by atoms with Gasteiger partial charge in [-0.3, -0.25) is 4.79 Å². The summed E-state index contributed by atoms with van der Waals surface area (Å²) in [5.41, 5.74) is 1.17. The van der Waals surface area contributed by atoms with E-state index in [9.17, 15) is 4.79 Å². The zero-order valence-electron chi connectivity index (χ0n) is 8.70. The van der Waals surface area contributed by atoms with Gasteiger partial charge < -0.3 is 9.47 Å². The maximum Gasteiger partial charge on any atom is 0.322 e. The van der Waals surface area contributed by atoms with Gasteiger partial charge in [0.25, 0.3) is 0 Å². The molecule has 4 heteroatoms. The highest BCUT2D eigenvalue weighted by Crippen LogP contribution is 2.13. The highest BCUT2D eigenvalue weighted by molar-refractivity contribution is 9.10. The summed E-state index contributed by atoms with van der Waals surface area (Å²) in [5, 5.41) is 0. The van der Waals surface area contributed by atoms with Gasteiger partial charge in [-0.2, -0.15) is 0 Å². The lowest BCUT2D eigenvalue weighted by Gasteiger charge is -2.09. The second-order valence-electron chi connectivity index (χ2n) is 3.11. The van der Waals surface area contributed by atoms with Crippen LogP contribution in [0.3, 0.4) is 0 Å². The molecule has 0 aliphatic rings. The van der Waals surface area contributed by atoms with Gasteiger partial charge >= 0.3 is 5.97 Å². The predicted octanol–water partition coefficient (Wildman–Crippen LogP) is 2.31. The SMILES string of the molecule is COC(=O)C(Br)COc1ccc(C)cc1. The van der Waals surface area contributed by atoms with Crippen molar-refractivity contribution < 1.29 is 14.3 Å². The molecule has 1 atom stereocenters. The van der Waals surface area contributed by atoms with Crippen LogP contribution in [0.25, 0.3) is 0 Å². The fourth-order valence-corrected chi connectivity index (χ4v) is 1.32. The van der Waals surface area contributed by atoms with Crippen LogP contribution in [0.2, 0.25) is 0 Å². The second kappa shape index (κ2) is 5.75. The lowest BCUT2D eigenvalue weighted by molar-refractivity contribution is -0.140. The van der Waals surface area contributed by atoms with Crippen molar-refractivity contribution in [1.82, 2.24) is 0 Å². The molecule has 82 valence electrons. The number of benzene rings is 1. The summed E-state index contributed by atoms with van der Waals surface area (Å²) < 4.78 is 9.95. The Balaban J connectivity index is 2.43. The van der Waals surface area contributed by atoms with Crippen molar-refractivity contribution >= 4 is 21.9 Å². The van der Waals surface area contributed by atoms with Gasteiger partial charge in [-0.1, -0.05) is 33.6 Å². The van der Waals surface area contributed by atoms with Crippen molar-refractivity contribution in [2.24, 2.45) is 0 Å². The van der Waals surface area contributed by atoms with Crippen molar-refractivity contribution in [3.63, 3.8) is 0 Å². The van der Waals surface area contributed by atoms with Crippen LogP contribution in [-0.4, -0.2) is 24.5 Å². The van der Waals surface area contributed by atoms with Crippen LogP contribution in [0, 0.1) is 6.92 Å². The van der Waals surface area contributed by atoms with E-state index in [2.05, 4.69) is 20.7 Å². The molecule has 0 amide bonds. The maximum atomic E-state index is 11.0. The van der Waals surface area contributed by atoms with Crippen molar-refractivity contribution in [3.05, 3.63) is 29.8 Å². The van der Waals surface area contributed by atoms with Crippen LogP contribution in [0.1, 0.15) is 5.56 Å². The molecule has 0 saturated carbocycles. The second-order valence-corrected chi connectivity index (χ2v) is 4.22. The number of aryl methyl sites for hydroxylation is 1. The molecular weight excluding hydrogens is 260 g/mol. The Hall–Kier alpha value is -1.03. The topological polar surface area (TPSA) is 35.5 Å². The Bertz CT molecular complexity index is 321. The van der Waals surface area contributed by atoms with E-state index < -0.39 is 4.83 Å². The standard InChI is InChI=1S/C11H13BrO3/c1-8-3-5-9(6-4-8)15-7-10(12)11(13)14-2/h3-6,10H,7H2,1-2H3. The van der Waals surface area contributed by atoms with Gasteiger partial charge in [0.05, 0.1) is 7.11 Å². The van der Waals surface area contributed by atoms with Gasteiger partial charge in [0.1, 0.15) is 17.2 Å². The molecule has 0 bridgehead atoms. The molecule has 3 nitrogen and oxygen atoms in total. The van der Waals surface area contributed by atoms with Crippen molar-refractivity contribution in [3.8, 4) is 5.75 Å². The van der Waals surface area contributed by atoms with Crippen LogP contribution >= 0.6 is 15.9 Å². The third kappa shape index (κ3) is 3.91. The van der Waals surface area contributed by atoms with Gasteiger partial charge in [-0.05, 0) is 19.1 Å². The van der Waals surface area contributed by atoms with Crippen LogP contribution in [0.5, 0.6) is 5.75 Å². The zero-order chi connectivity index (χ0) is 11.3. The molecule has 0 spiro atoms. The van der Waals surface area contributed by atoms with E-state index in [1.807, 2.05) is 31.2 Å². The van der Waals surface area contributed by atoms with Crippen LogP contribution < -0.4 is 4.74 Å². The Morgan fingerprint density at radius 1 is 1.40 bits per heavy atom. The fourth-order valence-electron chi connectivity index (χ4n) is 1.000. The van der Waals surface area contributed by atoms with Crippen LogP contribution in [-0.2, 0) is 9.53 Å². The summed E-state index contributed by atoms with van der Waals surface area (Å²) >= 11 is 3.18. The zero-order valence-corrected chi connectivity index (χ0v) is 10.3. The van der Waals surface area contributed by atoms with E-state index in [1.165, 1.54) is 12.7 Å². The van der Waals surface area contributed by atoms with Crippen LogP contribution in [0.4, 0.5) is 0 Å². The first-order chi connectivity index (χ1) is 7.13. The van der Waals surface area contributed by atoms with E-state index in [-0.39, 0.29) is 12.6 Å². The number of carbonyl (C=O) groups is 1. The lowest BCUT2D eigenvalue weighted by atomic mass is 10.2. The average Bonchev–Trinajstić information content (AvgIpc) is 2.26. The number of hydrogen-bond donors (Lipinski definition) is 0. The van der Waals surface area contributed by atoms with Gasteiger partial charge in [0.2, 0.25) is 0 Å². The molecule has 0 radical (unpaired) electrons. The molecule has 0 fully saturated rings. The van der Waals surface area contributed by atoms with Crippen LogP contribution in [0.15, 0.2) is 24.3 Å². The molecular formula is C11H13BrO3.